The number of anilines is 1. The maximum Gasteiger partial charge on any atom is 0.225 e. The average Bonchev–Trinajstić information content (AvgIpc) is 2.96. The van der Waals surface area contributed by atoms with Crippen LogP contribution in [-0.2, 0) is 0 Å². The molecule has 0 bridgehead atoms. The molecule has 0 aromatic carbocycles. The van der Waals surface area contributed by atoms with Gasteiger partial charge in [0.2, 0.25) is 5.95 Å². The van der Waals surface area contributed by atoms with Crippen LogP contribution in [0, 0.1) is 25.5 Å². The fourth-order valence-corrected chi connectivity index (χ4v) is 2.55. The van der Waals surface area contributed by atoms with Crippen molar-refractivity contribution < 1.29 is 9.60 Å². The van der Waals surface area contributed by atoms with Gasteiger partial charge >= 0.3 is 0 Å². The van der Waals surface area contributed by atoms with E-state index in [-0.39, 0.29) is 5.95 Å². The van der Waals surface area contributed by atoms with Crippen LogP contribution in [0.3, 0.4) is 0 Å². The van der Waals surface area contributed by atoms with Crippen LogP contribution in [-0.4, -0.2) is 36.1 Å². The van der Waals surface area contributed by atoms with Crippen LogP contribution >= 0.6 is 0 Å². The lowest BCUT2D eigenvalue weighted by Gasteiger charge is -2.18. The van der Waals surface area contributed by atoms with Crippen molar-refractivity contribution in [2.75, 3.05) is 31.1 Å². The second-order valence-corrected chi connectivity index (χ2v) is 4.43. The van der Waals surface area contributed by atoms with Crippen LogP contribution in [0.4, 0.5) is 5.95 Å². The minimum absolute atomic E-state index is 0.104. The monoisotopic (exact) mass is 225 g/mol. The highest BCUT2D eigenvalue weighted by Crippen LogP contribution is 2.28. The van der Waals surface area contributed by atoms with Crippen molar-refractivity contribution in [3.8, 4) is 0 Å². The molecule has 0 spiro atoms. The van der Waals surface area contributed by atoms with Crippen molar-refractivity contribution in [2.45, 2.75) is 13.7 Å². The lowest BCUT2D eigenvalue weighted by atomic mass is 10.0. The van der Waals surface area contributed by atoms with Crippen molar-refractivity contribution in [1.82, 2.24) is 15.3 Å². The maximum absolute atomic E-state index is 7.88. The molecule has 4 heteroatoms. The van der Waals surface area contributed by atoms with E-state index < -0.39 is 31.1 Å². The number of nitrogens with zero attached hydrogens (tertiary/aromatic N) is 3. The van der Waals surface area contributed by atoms with Gasteiger partial charge in [0.05, 0.1) is 1.37 Å². The molecule has 2 aliphatic heterocycles. The first kappa shape index (κ1) is 5.00. The molecule has 16 heavy (non-hydrogen) atoms. The van der Waals surface area contributed by atoms with Gasteiger partial charge in [0.25, 0.3) is 0 Å². The molecular weight excluding hydrogens is 200 g/mol. The first-order valence-corrected chi connectivity index (χ1v) is 5.42. The molecule has 1 aromatic rings. The predicted molar refractivity (Wildman–Crippen MR) is 63.6 cm³/mol. The number of aromatic nitrogens is 2. The fraction of sp³-hybridized carbons (Fsp3) is 0.667. The molecule has 2 unspecified atom stereocenters. The van der Waals surface area contributed by atoms with E-state index in [0.29, 0.717) is 24.9 Å². The highest BCUT2D eigenvalue weighted by molar-refractivity contribution is 5.34. The number of rotatable bonds is 1. The fourth-order valence-electron chi connectivity index (χ4n) is 2.55. The largest absolute Gasteiger partial charge is 0.340 e. The van der Waals surface area contributed by atoms with Crippen LogP contribution in [0.1, 0.15) is 21.0 Å². The van der Waals surface area contributed by atoms with Gasteiger partial charge in [0.1, 0.15) is 0 Å². The number of hydrogen-bond donors (Lipinski definition) is 1. The molecule has 1 N–H and O–H groups in total. The Morgan fingerprint density at radius 2 is 1.94 bits per heavy atom. The molecule has 86 valence electrons. The Labute approximate surface area is 106 Å². The van der Waals surface area contributed by atoms with E-state index in [1.807, 2.05) is 4.90 Å². The quantitative estimate of drug-likeness (QED) is 0.766. The van der Waals surface area contributed by atoms with Crippen LogP contribution in [0.25, 0.3) is 0 Å². The van der Waals surface area contributed by atoms with Crippen LogP contribution < -0.4 is 10.2 Å². The summed E-state index contributed by atoms with van der Waals surface area (Å²) in [5, 5.41) is 3.30. The zero-order chi connectivity index (χ0) is 17.0. The summed E-state index contributed by atoms with van der Waals surface area (Å²) >= 11 is 0. The first-order chi connectivity index (χ1) is 10.6. The SMILES string of the molecule is [2H]c1c(C([2H])([2H])[2H])nc(N2CC3CNCC3C2)nc1C([2H])([2H])[2H]. The van der Waals surface area contributed by atoms with Crippen molar-refractivity contribution in [3.63, 3.8) is 0 Å². The highest BCUT2D eigenvalue weighted by Gasteiger charge is 2.37. The van der Waals surface area contributed by atoms with Gasteiger partial charge in [0, 0.05) is 45.8 Å². The van der Waals surface area contributed by atoms with Crippen molar-refractivity contribution in [1.29, 1.82) is 0 Å². The van der Waals surface area contributed by atoms with Crippen molar-refractivity contribution >= 4 is 5.95 Å². The third kappa shape index (κ3) is 1.67. The Morgan fingerprint density at radius 1 is 1.31 bits per heavy atom. The number of aryl methyl sites for hydroxylation is 2. The van der Waals surface area contributed by atoms with Crippen LogP contribution in [0.15, 0.2) is 6.04 Å². The van der Waals surface area contributed by atoms with E-state index in [1.54, 1.807) is 0 Å². The average molecular weight is 225 g/mol. The maximum atomic E-state index is 7.88. The van der Waals surface area contributed by atoms with E-state index in [1.165, 1.54) is 0 Å². The van der Waals surface area contributed by atoms with Gasteiger partial charge in [-0.2, -0.15) is 0 Å². The highest BCUT2D eigenvalue weighted by atomic mass is 15.3. The summed E-state index contributed by atoms with van der Waals surface area (Å²) < 4.78 is 53.0. The summed E-state index contributed by atoms with van der Waals surface area (Å²) in [6.45, 7) is -2.20. The Bertz CT molecular complexity index is 565. The molecule has 2 saturated heterocycles. The minimum Gasteiger partial charge on any atom is -0.340 e. The minimum atomic E-state index is -2.65. The summed E-state index contributed by atoms with van der Waals surface area (Å²) in [4.78, 5) is 9.88. The zero-order valence-corrected chi connectivity index (χ0v) is 8.82. The molecule has 3 heterocycles. The van der Waals surface area contributed by atoms with E-state index in [9.17, 15) is 0 Å². The summed E-state index contributed by atoms with van der Waals surface area (Å²) in [6, 6.07) is -0.616. The van der Waals surface area contributed by atoms with Gasteiger partial charge in [-0.25, -0.2) is 9.97 Å². The van der Waals surface area contributed by atoms with E-state index in [4.69, 9.17) is 9.60 Å². The molecule has 4 nitrogen and oxygen atoms in total. The molecule has 2 atom stereocenters. The smallest absolute Gasteiger partial charge is 0.225 e. The summed E-state index contributed by atoms with van der Waals surface area (Å²) in [7, 11) is 0. The molecule has 0 saturated carbocycles. The van der Waals surface area contributed by atoms with Gasteiger partial charge in [-0.1, -0.05) is 0 Å². The van der Waals surface area contributed by atoms with Gasteiger partial charge in [-0.05, 0) is 31.6 Å². The lowest BCUT2D eigenvalue weighted by molar-refractivity contribution is 0.533. The summed E-state index contributed by atoms with van der Waals surface area (Å²) in [5.74, 6) is 0.969. The van der Waals surface area contributed by atoms with Crippen LogP contribution in [0.2, 0.25) is 0 Å². The first-order valence-electron chi connectivity index (χ1n) is 8.92. The summed E-state index contributed by atoms with van der Waals surface area (Å²) in [5.41, 5.74) is -0.993. The topological polar surface area (TPSA) is 41.1 Å². The molecule has 0 amide bonds. The zero-order valence-electron chi connectivity index (χ0n) is 15.8. The normalized spacial score (nSPS) is 36.5. The number of fused-ring (bicyclic) bond motifs is 1. The molecule has 0 radical (unpaired) electrons. The molecule has 3 rings (SSSR count). The Balaban J connectivity index is 2.04. The summed E-state index contributed by atoms with van der Waals surface area (Å²) in [6.07, 6.45) is 0. The third-order valence-electron chi connectivity index (χ3n) is 3.33. The third-order valence-corrected chi connectivity index (χ3v) is 3.33. The molecule has 0 aliphatic carbocycles. The number of nitrogens with one attached hydrogen (secondary N) is 1. The Morgan fingerprint density at radius 3 is 2.50 bits per heavy atom. The predicted octanol–water partition coefficient (Wildman–Crippen LogP) is 0.749. The molecule has 2 fully saturated rings. The Hall–Kier alpha value is -1.16. The molecular formula is C12H18N4. The van der Waals surface area contributed by atoms with Crippen LogP contribution in [0.5, 0.6) is 0 Å². The van der Waals surface area contributed by atoms with E-state index in [2.05, 4.69) is 15.3 Å². The van der Waals surface area contributed by atoms with E-state index >= 15 is 0 Å². The second-order valence-electron chi connectivity index (χ2n) is 4.43. The molecule has 2 aliphatic rings. The van der Waals surface area contributed by atoms with Gasteiger partial charge < -0.3 is 10.2 Å². The van der Waals surface area contributed by atoms with Gasteiger partial charge in [-0.3, -0.25) is 0 Å². The molecule has 1 aromatic heterocycles. The van der Waals surface area contributed by atoms with Crippen molar-refractivity contribution in [2.24, 2.45) is 11.8 Å². The lowest BCUT2D eigenvalue weighted by Crippen LogP contribution is -2.27. The van der Waals surface area contributed by atoms with Crippen molar-refractivity contribution in [3.05, 3.63) is 17.4 Å². The Kier molecular flexibility index (Phi) is 1.16. The second kappa shape index (κ2) is 3.70. The number of hydrogen-bond acceptors (Lipinski definition) is 4. The van der Waals surface area contributed by atoms with Gasteiger partial charge in [0.15, 0.2) is 0 Å². The standard InChI is InChI=1S/C12H18N4/c1-8-3-9(2)15-12(14-8)16-6-10-4-13-5-11(10)7-16/h3,10-11,13H,4-7H2,1-2H3/i1D3,2D3,3D. The van der Waals surface area contributed by atoms with Gasteiger partial charge in [-0.15, -0.1) is 0 Å². The van der Waals surface area contributed by atoms with E-state index in [0.717, 1.165) is 13.1 Å².